The van der Waals surface area contributed by atoms with Gasteiger partial charge in [0.15, 0.2) is 5.78 Å². The normalized spacial score (nSPS) is 11.2. The molecule has 1 N–H and O–H groups in total. The summed E-state index contributed by atoms with van der Waals surface area (Å²) in [5.41, 5.74) is 0.782. The van der Waals surface area contributed by atoms with E-state index in [-0.39, 0.29) is 21.5 Å². The van der Waals surface area contributed by atoms with Crippen LogP contribution in [0.25, 0.3) is 0 Å². The Hall–Kier alpha value is -1.21. The summed E-state index contributed by atoms with van der Waals surface area (Å²) in [4.78, 5) is 11.4. The number of hydrogen-bond acceptors (Lipinski definition) is 4. The number of ketones is 1. The van der Waals surface area contributed by atoms with E-state index in [2.05, 4.69) is 17.4 Å². The van der Waals surface area contributed by atoms with Gasteiger partial charge in [0.2, 0.25) is 0 Å². The molecular weight excluding hydrogens is 365 g/mol. The first kappa shape index (κ1) is 17.1. The summed E-state index contributed by atoms with van der Waals surface area (Å²) in [6.45, 7) is 0. The average molecular weight is 376 g/mol. The van der Waals surface area contributed by atoms with Gasteiger partial charge in [-0.15, -0.1) is 0 Å². The second-order valence-electron chi connectivity index (χ2n) is 4.34. The van der Waals surface area contributed by atoms with Crippen molar-refractivity contribution in [1.82, 2.24) is 0 Å². The minimum absolute atomic E-state index is 0.0295. The molecule has 0 unspecified atom stereocenters. The first-order valence-electron chi connectivity index (χ1n) is 6.05. The maximum absolute atomic E-state index is 12.3. The smallest absolute Gasteiger partial charge is 0.263 e. The van der Waals surface area contributed by atoms with E-state index in [0.29, 0.717) is 16.3 Å². The minimum atomic E-state index is -3.84. The lowest BCUT2D eigenvalue weighted by atomic mass is 10.1. The number of Topliss-reactive ketones (excluding diaryl/α,β-unsaturated/α-hetero) is 1. The fourth-order valence-corrected chi connectivity index (χ4v) is 3.73. The quantitative estimate of drug-likeness (QED) is 0.615. The Labute approximate surface area is 143 Å². The van der Waals surface area contributed by atoms with Crippen molar-refractivity contribution in [2.24, 2.45) is 0 Å². The molecule has 0 heterocycles. The van der Waals surface area contributed by atoms with Crippen molar-refractivity contribution in [3.8, 4) is 0 Å². The molecule has 0 bridgehead atoms. The molecule has 0 radical (unpaired) electrons. The van der Waals surface area contributed by atoms with Crippen LogP contribution in [0.4, 0.5) is 5.69 Å². The van der Waals surface area contributed by atoms with Gasteiger partial charge in [-0.3, -0.25) is 9.52 Å². The largest absolute Gasteiger partial charge is 0.293 e. The number of carbonyl (C=O) groups is 1. The molecule has 0 atom stereocenters. The maximum Gasteiger partial charge on any atom is 0.263 e. The second kappa shape index (κ2) is 6.91. The second-order valence-corrected chi connectivity index (χ2v) is 7.15. The predicted octanol–water partition coefficient (Wildman–Crippen LogP) is 3.91. The highest BCUT2D eigenvalue weighted by Gasteiger charge is 2.18. The van der Waals surface area contributed by atoms with E-state index < -0.39 is 10.0 Å². The van der Waals surface area contributed by atoms with Crippen LogP contribution in [0, 0.1) is 0 Å². The number of sulfonamides is 1. The molecule has 22 heavy (non-hydrogen) atoms. The van der Waals surface area contributed by atoms with Crippen molar-refractivity contribution >= 4 is 57.3 Å². The molecule has 0 aliphatic carbocycles. The van der Waals surface area contributed by atoms with Crippen molar-refractivity contribution in [3.05, 3.63) is 58.1 Å². The number of benzene rings is 2. The van der Waals surface area contributed by atoms with Crippen LogP contribution in [0.5, 0.6) is 0 Å². The zero-order chi connectivity index (χ0) is 16.3. The molecule has 0 spiro atoms. The number of carbonyl (C=O) groups excluding carboxylic acids is 1. The molecule has 0 amide bonds. The van der Waals surface area contributed by atoms with E-state index in [1.165, 1.54) is 42.5 Å². The van der Waals surface area contributed by atoms with Gasteiger partial charge in [0.1, 0.15) is 4.90 Å². The summed E-state index contributed by atoms with van der Waals surface area (Å²) in [6, 6.07) is 10.2. The molecule has 0 fully saturated rings. The predicted molar refractivity (Wildman–Crippen MR) is 91.9 cm³/mol. The summed E-state index contributed by atoms with van der Waals surface area (Å²) in [5, 5.41) is 0.375. The molecule has 116 valence electrons. The number of rotatable bonds is 5. The van der Waals surface area contributed by atoms with E-state index in [0.717, 1.165) is 0 Å². The molecule has 0 saturated heterocycles. The van der Waals surface area contributed by atoms with Crippen LogP contribution in [-0.2, 0) is 10.0 Å². The number of thiol groups is 1. The van der Waals surface area contributed by atoms with Gasteiger partial charge in [0.05, 0.1) is 10.8 Å². The summed E-state index contributed by atoms with van der Waals surface area (Å²) in [7, 11) is -3.84. The number of anilines is 1. The van der Waals surface area contributed by atoms with Crippen molar-refractivity contribution in [3.63, 3.8) is 0 Å². The van der Waals surface area contributed by atoms with Crippen LogP contribution in [0.1, 0.15) is 10.4 Å². The van der Waals surface area contributed by atoms with Gasteiger partial charge >= 0.3 is 0 Å². The Balaban J connectivity index is 2.27. The minimum Gasteiger partial charge on any atom is -0.293 e. The number of hydrogen-bond donors (Lipinski definition) is 2. The third-order valence-electron chi connectivity index (χ3n) is 2.79. The van der Waals surface area contributed by atoms with Gasteiger partial charge in [-0.25, -0.2) is 8.42 Å². The van der Waals surface area contributed by atoms with Crippen LogP contribution < -0.4 is 4.72 Å². The average Bonchev–Trinajstić information content (AvgIpc) is 2.46. The molecule has 0 saturated carbocycles. The van der Waals surface area contributed by atoms with Crippen LogP contribution in [0.3, 0.4) is 0 Å². The highest BCUT2D eigenvalue weighted by Crippen LogP contribution is 2.26. The third kappa shape index (κ3) is 3.95. The summed E-state index contributed by atoms with van der Waals surface area (Å²) in [6.07, 6.45) is 0. The van der Waals surface area contributed by atoms with Crippen molar-refractivity contribution < 1.29 is 13.2 Å². The number of nitrogens with one attached hydrogen (secondary N) is 1. The molecule has 2 aromatic carbocycles. The van der Waals surface area contributed by atoms with Gasteiger partial charge in [-0.2, -0.15) is 12.6 Å². The lowest BCUT2D eigenvalue weighted by Gasteiger charge is -2.10. The van der Waals surface area contributed by atoms with E-state index in [4.69, 9.17) is 23.2 Å². The van der Waals surface area contributed by atoms with Crippen molar-refractivity contribution in [2.45, 2.75) is 4.90 Å². The van der Waals surface area contributed by atoms with E-state index in [1.807, 2.05) is 0 Å². The fraction of sp³-hybridized carbons (Fsp3) is 0.0714. The Morgan fingerprint density at radius 1 is 1.09 bits per heavy atom. The molecular formula is C14H11Cl2NO3S2. The van der Waals surface area contributed by atoms with Crippen LogP contribution in [0.2, 0.25) is 10.0 Å². The topological polar surface area (TPSA) is 63.2 Å². The van der Waals surface area contributed by atoms with Crippen molar-refractivity contribution in [1.29, 1.82) is 0 Å². The van der Waals surface area contributed by atoms with Crippen LogP contribution in [0.15, 0.2) is 47.4 Å². The van der Waals surface area contributed by atoms with Crippen molar-refractivity contribution in [2.75, 3.05) is 10.5 Å². The standard InChI is InChI=1S/C14H11Cl2NO3S2/c15-10-3-6-14(12(16)7-10)22(19,20)17-11-4-1-9(2-5-11)13(18)8-21/h1-7,17,21H,8H2. The Morgan fingerprint density at radius 2 is 1.73 bits per heavy atom. The monoisotopic (exact) mass is 375 g/mol. The summed E-state index contributed by atoms with van der Waals surface area (Å²) < 4.78 is 27.0. The van der Waals surface area contributed by atoms with Gasteiger partial charge in [-0.05, 0) is 42.5 Å². The Morgan fingerprint density at radius 3 is 2.27 bits per heavy atom. The molecule has 0 aliphatic rings. The third-order valence-corrected chi connectivity index (χ3v) is 5.17. The highest BCUT2D eigenvalue weighted by molar-refractivity contribution is 7.92. The first-order chi connectivity index (χ1) is 10.3. The summed E-state index contributed by atoms with van der Waals surface area (Å²) in [5.74, 6) is -0.0515. The molecule has 4 nitrogen and oxygen atoms in total. The van der Waals surface area contributed by atoms with Gasteiger partial charge < -0.3 is 0 Å². The zero-order valence-corrected chi connectivity index (χ0v) is 14.3. The highest BCUT2D eigenvalue weighted by atomic mass is 35.5. The van der Waals surface area contributed by atoms with E-state index in [1.54, 1.807) is 0 Å². The van der Waals surface area contributed by atoms with Gasteiger partial charge in [-0.1, -0.05) is 23.2 Å². The molecule has 2 aromatic rings. The molecule has 0 aliphatic heterocycles. The molecule has 8 heteroatoms. The van der Waals surface area contributed by atoms with E-state index in [9.17, 15) is 13.2 Å². The van der Waals surface area contributed by atoms with E-state index >= 15 is 0 Å². The van der Waals surface area contributed by atoms with Crippen LogP contribution in [-0.4, -0.2) is 20.0 Å². The SMILES string of the molecule is O=C(CS)c1ccc(NS(=O)(=O)c2ccc(Cl)cc2Cl)cc1. The Bertz CT molecular complexity index is 805. The summed E-state index contributed by atoms with van der Waals surface area (Å²) >= 11 is 15.6. The first-order valence-corrected chi connectivity index (χ1v) is 8.92. The molecule has 2 rings (SSSR count). The lowest BCUT2D eigenvalue weighted by molar-refractivity contribution is 0.102. The Kier molecular flexibility index (Phi) is 5.39. The number of halogens is 2. The zero-order valence-electron chi connectivity index (χ0n) is 11.1. The fourth-order valence-electron chi connectivity index (χ4n) is 1.72. The lowest BCUT2D eigenvalue weighted by Crippen LogP contribution is -2.13. The van der Waals surface area contributed by atoms with Crippen LogP contribution >= 0.6 is 35.8 Å². The maximum atomic E-state index is 12.3. The van der Waals surface area contributed by atoms with Gasteiger partial charge in [0, 0.05) is 16.3 Å². The molecule has 0 aromatic heterocycles. The van der Waals surface area contributed by atoms with Gasteiger partial charge in [0.25, 0.3) is 10.0 Å².